The first kappa shape index (κ1) is 13.2. The van der Waals surface area contributed by atoms with Gasteiger partial charge in [-0.2, -0.15) is 0 Å². The number of likely N-dealkylation sites (N-methyl/N-ethyl adjacent to an activating group) is 1. The summed E-state index contributed by atoms with van der Waals surface area (Å²) in [6, 6.07) is 7.64. The molecular formula is C13H18N2O2. The topological polar surface area (TPSA) is 49.4 Å². The van der Waals surface area contributed by atoms with E-state index in [1.807, 2.05) is 31.2 Å². The Bertz CT molecular complexity index is 391. The largest absolute Gasteiger partial charge is 0.345 e. The van der Waals surface area contributed by atoms with Crippen LogP contribution in [0.4, 0.5) is 5.69 Å². The molecule has 1 N–H and O–H groups in total. The van der Waals surface area contributed by atoms with Crippen LogP contribution in [0.5, 0.6) is 0 Å². The van der Waals surface area contributed by atoms with Crippen molar-refractivity contribution in [3.05, 3.63) is 29.8 Å². The molecule has 0 aliphatic heterocycles. The molecule has 1 aromatic carbocycles. The summed E-state index contributed by atoms with van der Waals surface area (Å²) >= 11 is 0. The van der Waals surface area contributed by atoms with Crippen LogP contribution >= 0.6 is 0 Å². The molecule has 17 heavy (non-hydrogen) atoms. The monoisotopic (exact) mass is 234 g/mol. The molecule has 0 unspecified atom stereocenters. The third-order valence-corrected chi connectivity index (χ3v) is 2.55. The van der Waals surface area contributed by atoms with Crippen molar-refractivity contribution in [2.24, 2.45) is 0 Å². The Labute approximate surface area is 102 Å². The third-order valence-electron chi connectivity index (χ3n) is 2.55. The van der Waals surface area contributed by atoms with E-state index in [-0.39, 0.29) is 5.91 Å². The Morgan fingerprint density at radius 3 is 2.71 bits per heavy atom. The molecule has 0 saturated heterocycles. The maximum absolute atomic E-state index is 11.0. The molecule has 0 spiro atoms. The number of nitrogens with one attached hydrogen (secondary N) is 1. The minimum absolute atomic E-state index is 0.0832. The number of benzene rings is 1. The van der Waals surface area contributed by atoms with Crippen LogP contribution in [0.1, 0.15) is 19.4 Å². The lowest BCUT2D eigenvalue weighted by Gasteiger charge is -2.16. The number of para-hydroxylation sites is 1. The fraction of sp³-hybridized carbons (Fsp3) is 0.385. The maximum atomic E-state index is 11.0. The van der Waals surface area contributed by atoms with Gasteiger partial charge >= 0.3 is 0 Å². The Balaban J connectivity index is 2.69. The minimum atomic E-state index is -0.0832. The lowest BCUT2D eigenvalue weighted by molar-refractivity contribution is -0.118. The zero-order chi connectivity index (χ0) is 12.7. The number of nitrogens with zero attached hydrogens (tertiary/aromatic N) is 1. The van der Waals surface area contributed by atoms with Gasteiger partial charge < -0.3 is 10.2 Å². The zero-order valence-electron chi connectivity index (χ0n) is 10.3. The number of hydrogen-bond acceptors (Lipinski definition) is 2. The van der Waals surface area contributed by atoms with Gasteiger partial charge in [-0.25, -0.2) is 0 Å². The highest BCUT2D eigenvalue weighted by molar-refractivity contribution is 5.89. The first-order chi connectivity index (χ1) is 8.17. The van der Waals surface area contributed by atoms with E-state index in [2.05, 4.69) is 5.32 Å². The second-order valence-corrected chi connectivity index (χ2v) is 3.82. The van der Waals surface area contributed by atoms with Gasteiger partial charge in [0.05, 0.1) is 0 Å². The third kappa shape index (κ3) is 4.26. The Morgan fingerprint density at radius 1 is 1.41 bits per heavy atom. The van der Waals surface area contributed by atoms with Crippen LogP contribution in [-0.2, 0) is 16.0 Å². The van der Waals surface area contributed by atoms with Gasteiger partial charge in [0.1, 0.15) is 0 Å². The van der Waals surface area contributed by atoms with E-state index < -0.39 is 0 Å². The predicted molar refractivity (Wildman–Crippen MR) is 67.8 cm³/mol. The molecule has 4 heteroatoms. The van der Waals surface area contributed by atoms with Gasteiger partial charge in [-0.15, -0.1) is 0 Å². The maximum Gasteiger partial charge on any atom is 0.221 e. The molecule has 0 fully saturated rings. The van der Waals surface area contributed by atoms with Crippen molar-refractivity contribution in [3.8, 4) is 0 Å². The van der Waals surface area contributed by atoms with E-state index in [4.69, 9.17) is 0 Å². The van der Waals surface area contributed by atoms with Crippen molar-refractivity contribution in [2.45, 2.75) is 20.3 Å². The lowest BCUT2D eigenvalue weighted by atomic mass is 10.1. The van der Waals surface area contributed by atoms with Gasteiger partial charge in [-0.3, -0.25) is 9.59 Å². The number of hydrogen-bond donors (Lipinski definition) is 1. The van der Waals surface area contributed by atoms with Gasteiger partial charge in [0, 0.05) is 25.7 Å². The minimum Gasteiger partial charge on any atom is -0.345 e. The summed E-state index contributed by atoms with van der Waals surface area (Å²) < 4.78 is 0. The van der Waals surface area contributed by atoms with Crippen LogP contribution in [0, 0.1) is 0 Å². The summed E-state index contributed by atoms with van der Waals surface area (Å²) in [5, 5.41) is 2.79. The normalized spacial score (nSPS) is 9.76. The fourth-order valence-corrected chi connectivity index (χ4v) is 1.60. The molecule has 1 aromatic rings. The fourth-order valence-electron chi connectivity index (χ4n) is 1.60. The van der Waals surface area contributed by atoms with Crippen LogP contribution in [0.2, 0.25) is 0 Å². The number of rotatable bonds is 6. The van der Waals surface area contributed by atoms with Crippen molar-refractivity contribution < 1.29 is 9.59 Å². The molecular weight excluding hydrogens is 216 g/mol. The van der Waals surface area contributed by atoms with Crippen molar-refractivity contribution in [1.82, 2.24) is 4.90 Å². The van der Waals surface area contributed by atoms with Gasteiger partial charge in [-0.1, -0.05) is 18.2 Å². The van der Waals surface area contributed by atoms with Crippen molar-refractivity contribution >= 4 is 18.0 Å². The summed E-state index contributed by atoms with van der Waals surface area (Å²) in [7, 11) is 0. The average molecular weight is 234 g/mol. The first-order valence-corrected chi connectivity index (χ1v) is 5.72. The molecule has 2 amide bonds. The summed E-state index contributed by atoms with van der Waals surface area (Å²) in [5.74, 6) is -0.0832. The summed E-state index contributed by atoms with van der Waals surface area (Å²) in [4.78, 5) is 23.4. The Kier molecular flexibility index (Phi) is 5.20. The smallest absolute Gasteiger partial charge is 0.221 e. The SMILES string of the molecule is CCN(C=O)CCc1ccccc1NC(C)=O. The van der Waals surface area contributed by atoms with Gasteiger partial charge in [-0.05, 0) is 25.0 Å². The van der Waals surface area contributed by atoms with Crippen LogP contribution in [-0.4, -0.2) is 30.3 Å². The average Bonchev–Trinajstić information content (AvgIpc) is 2.31. The molecule has 92 valence electrons. The Morgan fingerprint density at radius 2 is 2.12 bits per heavy atom. The highest BCUT2D eigenvalue weighted by Gasteiger charge is 2.05. The molecule has 0 bridgehead atoms. The highest BCUT2D eigenvalue weighted by Crippen LogP contribution is 2.15. The van der Waals surface area contributed by atoms with Crippen molar-refractivity contribution in [3.63, 3.8) is 0 Å². The quantitative estimate of drug-likeness (QED) is 0.761. The molecule has 0 radical (unpaired) electrons. The van der Waals surface area contributed by atoms with E-state index in [0.717, 1.165) is 24.1 Å². The summed E-state index contributed by atoms with van der Waals surface area (Å²) in [6.07, 6.45) is 1.59. The van der Waals surface area contributed by atoms with Gasteiger partial charge in [0.25, 0.3) is 0 Å². The molecule has 0 aliphatic rings. The van der Waals surface area contributed by atoms with E-state index >= 15 is 0 Å². The molecule has 1 rings (SSSR count). The first-order valence-electron chi connectivity index (χ1n) is 5.72. The number of amides is 2. The molecule has 0 saturated carbocycles. The van der Waals surface area contributed by atoms with Crippen LogP contribution < -0.4 is 5.32 Å². The van der Waals surface area contributed by atoms with Crippen LogP contribution in [0.15, 0.2) is 24.3 Å². The van der Waals surface area contributed by atoms with E-state index in [1.54, 1.807) is 4.90 Å². The van der Waals surface area contributed by atoms with E-state index in [1.165, 1.54) is 6.92 Å². The van der Waals surface area contributed by atoms with Gasteiger partial charge in [0.2, 0.25) is 12.3 Å². The van der Waals surface area contributed by atoms with E-state index in [9.17, 15) is 9.59 Å². The number of carbonyl (C=O) groups excluding carboxylic acids is 2. The lowest BCUT2D eigenvalue weighted by Crippen LogP contribution is -2.24. The number of anilines is 1. The van der Waals surface area contributed by atoms with Crippen molar-refractivity contribution in [1.29, 1.82) is 0 Å². The summed E-state index contributed by atoms with van der Waals surface area (Å²) in [5.41, 5.74) is 1.87. The second-order valence-electron chi connectivity index (χ2n) is 3.82. The van der Waals surface area contributed by atoms with Crippen molar-refractivity contribution in [2.75, 3.05) is 18.4 Å². The van der Waals surface area contributed by atoms with Crippen LogP contribution in [0.25, 0.3) is 0 Å². The summed E-state index contributed by atoms with van der Waals surface area (Å²) in [6.45, 7) is 4.79. The molecule has 0 atom stereocenters. The molecule has 4 nitrogen and oxygen atoms in total. The van der Waals surface area contributed by atoms with Crippen LogP contribution in [0.3, 0.4) is 0 Å². The molecule has 0 aromatic heterocycles. The second kappa shape index (κ2) is 6.68. The van der Waals surface area contributed by atoms with E-state index in [0.29, 0.717) is 13.1 Å². The highest BCUT2D eigenvalue weighted by atomic mass is 16.1. The number of carbonyl (C=O) groups is 2. The Hall–Kier alpha value is -1.84. The zero-order valence-corrected chi connectivity index (χ0v) is 10.3. The molecule has 0 heterocycles. The molecule has 0 aliphatic carbocycles. The van der Waals surface area contributed by atoms with Gasteiger partial charge in [0.15, 0.2) is 0 Å². The standard InChI is InChI=1S/C13H18N2O2/c1-3-15(10-16)9-8-12-6-4-5-7-13(12)14-11(2)17/h4-7,10H,3,8-9H2,1-2H3,(H,14,17). The predicted octanol–water partition coefficient (Wildman–Crippen LogP) is 1.67.